The molecule has 0 saturated carbocycles. The molecular weight excluding hydrogens is 404 g/mol. The third-order valence-electron chi connectivity index (χ3n) is 6.20. The molecule has 3 nitrogen and oxygen atoms in total. The standard InChI is InChI=1S/C30H26N2O/c1-32(20-19-27-21-31-29-10-6-5-9-28(27)29)30(33)26-17-15-25(16-18-26)24-13-11-23(12-14-24)22-7-3-2-4-8-22/h2-18,21,31H,19-20H2,1H3. The Morgan fingerprint density at radius 3 is 1.91 bits per heavy atom. The number of para-hydroxylation sites is 1. The number of rotatable bonds is 6. The van der Waals surface area contributed by atoms with Crippen molar-refractivity contribution in [1.29, 1.82) is 0 Å². The van der Waals surface area contributed by atoms with Crippen LogP contribution in [-0.2, 0) is 6.42 Å². The Bertz CT molecular complexity index is 1370. The number of nitrogens with zero attached hydrogens (tertiary/aromatic N) is 1. The van der Waals surface area contributed by atoms with Gasteiger partial charge in [-0.05, 0) is 52.4 Å². The van der Waals surface area contributed by atoms with Crippen molar-refractivity contribution in [2.24, 2.45) is 0 Å². The van der Waals surface area contributed by atoms with Crippen LogP contribution in [0.1, 0.15) is 15.9 Å². The lowest BCUT2D eigenvalue weighted by Crippen LogP contribution is -2.28. The molecule has 4 aromatic carbocycles. The number of H-pyrrole nitrogens is 1. The molecule has 162 valence electrons. The molecule has 1 amide bonds. The zero-order valence-electron chi connectivity index (χ0n) is 18.7. The van der Waals surface area contributed by atoms with Crippen molar-refractivity contribution in [3.63, 3.8) is 0 Å². The van der Waals surface area contributed by atoms with Gasteiger partial charge in [-0.15, -0.1) is 0 Å². The SMILES string of the molecule is CN(CCc1c[nH]c2ccccc12)C(=O)c1ccc(-c2ccc(-c3ccccc3)cc2)cc1. The Morgan fingerprint density at radius 2 is 1.24 bits per heavy atom. The third kappa shape index (κ3) is 4.44. The van der Waals surface area contributed by atoms with Gasteiger partial charge in [-0.3, -0.25) is 4.79 Å². The summed E-state index contributed by atoms with van der Waals surface area (Å²) in [7, 11) is 1.87. The summed E-state index contributed by atoms with van der Waals surface area (Å²) < 4.78 is 0. The van der Waals surface area contributed by atoms with Crippen LogP contribution in [0.2, 0.25) is 0 Å². The summed E-state index contributed by atoms with van der Waals surface area (Å²) in [6, 6.07) is 35.1. The number of fused-ring (bicyclic) bond motifs is 1. The van der Waals surface area contributed by atoms with Crippen LogP contribution in [0.5, 0.6) is 0 Å². The quantitative estimate of drug-likeness (QED) is 0.315. The number of hydrogen-bond acceptors (Lipinski definition) is 1. The number of amides is 1. The lowest BCUT2D eigenvalue weighted by atomic mass is 9.99. The molecule has 1 heterocycles. The van der Waals surface area contributed by atoms with Crippen molar-refractivity contribution in [1.82, 2.24) is 9.88 Å². The molecule has 5 rings (SSSR count). The van der Waals surface area contributed by atoms with Crippen LogP contribution in [0.3, 0.4) is 0 Å². The summed E-state index contributed by atoms with van der Waals surface area (Å²) in [5.74, 6) is 0.0424. The van der Waals surface area contributed by atoms with E-state index in [1.165, 1.54) is 22.1 Å². The summed E-state index contributed by atoms with van der Waals surface area (Å²) in [6.45, 7) is 0.670. The molecule has 33 heavy (non-hydrogen) atoms. The molecule has 0 unspecified atom stereocenters. The zero-order valence-corrected chi connectivity index (χ0v) is 18.7. The minimum atomic E-state index is 0.0424. The minimum Gasteiger partial charge on any atom is -0.361 e. The van der Waals surface area contributed by atoms with Gasteiger partial charge >= 0.3 is 0 Å². The van der Waals surface area contributed by atoms with Crippen molar-refractivity contribution in [3.8, 4) is 22.3 Å². The highest BCUT2D eigenvalue weighted by Crippen LogP contribution is 2.25. The van der Waals surface area contributed by atoms with E-state index in [1.807, 2.05) is 55.7 Å². The fourth-order valence-corrected chi connectivity index (χ4v) is 4.24. The summed E-state index contributed by atoms with van der Waals surface area (Å²) in [5.41, 5.74) is 7.73. The molecule has 0 aliphatic rings. The first-order valence-corrected chi connectivity index (χ1v) is 11.3. The van der Waals surface area contributed by atoms with Crippen molar-refractivity contribution < 1.29 is 4.79 Å². The van der Waals surface area contributed by atoms with E-state index in [9.17, 15) is 4.79 Å². The van der Waals surface area contributed by atoms with Crippen molar-refractivity contribution in [2.75, 3.05) is 13.6 Å². The third-order valence-corrected chi connectivity index (χ3v) is 6.20. The zero-order chi connectivity index (χ0) is 22.6. The van der Waals surface area contributed by atoms with Crippen LogP contribution >= 0.6 is 0 Å². The molecule has 1 N–H and O–H groups in total. The summed E-state index contributed by atoms with van der Waals surface area (Å²) in [5, 5.41) is 1.22. The van der Waals surface area contributed by atoms with Gasteiger partial charge in [-0.2, -0.15) is 0 Å². The molecular formula is C30H26N2O. The Kier molecular flexibility index (Phi) is 5.77. The second-order valence-corrected chi connectivity index (χ2v) is 8.36. The predicted octanol–water partition coefficient (Wildman–Crippen LogP) is 6.82. The molecule has 0 fully saturated rings. The molecule has 0 atom stereocenters. The Morgan fingerprint density at radius 1 is 0.697 bits per heavy atom. The molecule has 5 aromatic rings. The Labute approximate surface area is 194 Å². The number of hydrogen-bond donors (Lipinski definition) is 1. The molecule has 0 aliphatic carbocycles. The van der Waals surface area contributed by atoms with Crippen LogP contribution in [0.4, 0.5) is 0 Å². The van der Waals surface area contributed by atoms with Gasteiger partial charge in [0.15, 0.2) is 0 Å². The van der Waals surface area contributed by atoms with Crippen LogP contribution in [0, 0.1) is 0 Å². The maximum Gasteiger partial charge on any atom is 0.253 e. The number of likely N-dealkylation sites (N-methyl/N-ethyl adjacent to an activating group) is 1. The fourth-order valence-electron chi connectivity index (χ4n) is 4.24. The van der Waals surface area contributed by atoms with E-state index in [0.29, 0.717) is 12.1 Å². The number of nitrogens with one attached hydrogen (secondary N) is 1. The first-order valence-electron chi connectivity index (χ1n) is 11.3. The van der Waals surface area contributed by atoms with Crippen molar-refractivity contribution in [2.45, 2.75) is 6.42 Å². The van der Waals surface area contributed by atoms with E-state index in [0.717, 1.165) is 23.1 Å². The van der Waals surface area contributed by atoms with Crippen LogP contribution in [-0.4, -0.2) is 29.4 Å². The first-order chi connectivity index (χ1) is 16.2. The van der Waals surface area contributed by atoms with Gasteiger partial charge in [-0.25, -0.2) is 0 Å². The normalized spacial score (nSPS) is 10.9. The van der Waals surface area contributed by atoms with E-state index in [1.54, 1.807) is 4.90 Å². The molecule has 1 aromatic heterocycles. The summed E-state index contributed by atoms with van der Waals surface area (Å²) in [6.07, 6.45) is 2.86. The number of aromatic amines is 1. The molecule has 0 aliphatic heterocycles. The maximum absolute atomic E-state index is 12.9. The molecule has 0 radical (unpaired) electrons. The van der Waals surface area contributed by atoms with Crippen LogP contribution < -0.4 is 0 Å². The van der Waals surface area contributed by atoms with Crippen LogP contribution in [0.15, 0.2) is 109 Å². The maximum atomic E-state index is 12.9. The predicted molar refractivity (Wildman–Crippen MR) is 136 cm³/mol. The topological polar surface area (TPSA) is 36.1 Å². The minimum absolute atomic E-state index is 0.0424. The number of carbonyl (C=O) groups is 1. The monoisotopic (exact) mass is 430 g/mol. The van der Waals surface area contributed by atoms with E-state index in [-0.39, 0.29) is 5.91 Å². The van der Waals surface area contributed by atoms with Gasteiger partial charge in [0.2, 0.25) is 0 Å². The van der Waals surface area contributed by atoms with Gasteiger partial charge in [0.1, 0.15) is 0 Å². The molecule has 0 bridgehead atoms. The average molecular weight is 431 g/mol. The van der Waals surface area contributed by atoms with Gasteiger partial charge in [0, 0.05) is 36.3 Å². The van der Waals surface area contributed by atoms with Gasteiger partial charge in [0.05, 0.1) is 0 Å². The lowest BCUT2D eigenvalue weighted by Gasteiger charge is -2.17. The first kappa shape index (κ1) is 20.8. The Balaban J connectivity index is 1.24. The summed E-state index contributed by atoms with van der Waals surface area (Å²) in [4.78, 5) is 18.0. The highest BCUT2D eigenvalue weighted by molar-refractivity contribution is 5.94. The highest BCUT2D eigenvalue weighted by Gasteiger charge is 2.13. The average Bonchev–Trinajstić information content (AvgIpc) is 3.31. The number of aromatic nitrogens is 1. The number of carbonyl (C=O) groups excluding carboxylic acids is 1. The molecule has 0 saturated heterocycles. The fraction of sp³-hybridized carbons (Fsp3) is 0.100. The largest absolute Gasteiger partial charge is 0.361 e. The molecule has 0 spiro atoms. The van der Waals surface area contributed by atoms with Gasteiger partial charge < -0.3 is 9.88 Å². The van der Waals surface area contributed by atoms with Gasteiger partial charge in [0.25, 0.3) is 5.91 Å². The lowest BCUT2D eigenvalue weighted by molar-refractivity contribution is 0.0796. The second kappa shape index (κ2) is 9.17. The van der Waals surface area contributed by atoms with Crippen molar-refractivity contribution in [3.05, 3.63) is 120 Å². The Hall–Kier alpha value is -4.11. The summed E-state index contributed by atoms with van der Waals surface area (Å²) >= 11 is 0. The van der Waals surface area contributed by atoms with Crippen molar-refractivity contribution >= 4 is 16.8 Å². The second-order valence-electron chi connectivity index (χ2n) is 8.36. The molecule has 3 heteroatoms. The number of benzene rings is 4. The highest BCUT2D eigenvalue weighted by atomic mass is 16.2. The van der Waals surface area contributed by atoms with E-state index in [4.69, 9.17) is 0 Å². The van der Waals surface area contributed by atoms with E-state index >= 15 is 0 Å². The van der Waals surface area contributed by atoms with Gasteiger partial charge in [-0.1, -0.05) is 84.9 Å². The van der Waals surface area contributed by atoms with E-state index in [2.05, 4.69) is 65.6 Å². The smallest absolute Gasteiger partial charge is 0.253 e. The van der Waals surface area contributed by atoms with Crippen LogP contribution in [0.25, 0.3) is 33.2 Å². The van der Waals surface area contributed by atoms with E-state index < -0.39 is 0 Å².